The highest BCUT2D eigenvalue weighted by molar-refractivity contribution is 8.01. The van der Waals surface area contributed by atoms with Crippen LogP contribution in [0.15, 0.2) is 59.5 Å². The summed E-state index contributed by atoms with van der Waals surface area (Å²) in [5, 5.41) is -0.0898. The summed E-state index contributed by atoms with van der Waals surface area (Å²) in [7, 11) is -3.77. The number of thioether (sulfide) groups is 1. The number of nitrogens with one attached hydrogen (secondary N) is 1. The van der Waals surface area contributed by atoms with Gasteiger partial charge in [0.15, 0.2) is 0 Å². The number of nitrogens with two attached hydrogens (primary N) is 1. The number of ether oxygens (including phenoxy) is 1. The molecule has 7 nitrogen and oxygen atoms in total. The number of hydrogen-bond acceptors (Lipinski definition) is 5. The maximum absolute atomic E-state index is 12.9. The van der Waals surface area contributed by atoms with Gasteiger partial charge in [-0.25, -0.2) is 17.9 Å². The van der Waals surface area contributed by atoms with Gasteiger partial charge in [0.05, 0.1) is 10.9 Å². The van der Waals surface area contributed by atoms with Gasteiger partial charge in [0, 0.05) is 23.1 Å². The molecule has 0 saturated carbocycles. The van der Waals surface area contributed by atoms with E-state index in [1.54, 1.807) is 23.9 Å². The maximum atomic E-state index is 12.9. The minimum atomic E-state index is -3.77. The average Bonchev–Trinajstić information content (AvgIpc) is 3.03. The zero-order chi connectivity index (χ0) is 21.9. The molecule has 0 radical (unpaired) electrons. The van der Waals surface area contributed by atoms with Crippen molar-refractivity contribution in [3.63, 3.8) is 0 Å². The normalized spacial score (nSPS) is 19.6. The minimum absolute atomic E-state index is 0.0849. The van der Waals surface area contributed by atoms with Crippen molar-refractivity contribution < 1.29 is 17.9 Å². The highest BCUT2D eigenvalue weighted by Crippen LogP contribution is 2.34. The van der Waals surface area contributed by atoms with Gasteiger partial charge in [-0.2, -0.15) is 0 Å². The molecule has 30 heavy (non-hydrogen) atoms. The lowest BCUT2D eigenvalue weighted by Gasteiger charge is -2.26. The van der Waals surface area contributed by atoms with E-state index in [0.29, 0.717) is 18.0 Å². The monoisotopic (exact) mass is 449 g/mol. The number of primary amides is 1. The fraction of sp³-hybridized carbons (Fsp3) is 0.381. The Bertz CT molecular complexity index is 974. The Labute approximate surface area is 182 Å². The van der Waals surface area contributed by atoms with Crippen LogP contribution in [0.1, 0.15) is 20.8 Å². The molecular formula is C21H27N3O4S2. The van der Waals surface area contributed by atoms with E-state index in [0.717, 1.165) is 0 Å². The zero-order valence-corrected chi connectivity index (χ0v) is 18.9. The number of rotatable bonds is 6. The van der Waals surface area contributed by atoms with Crippen LogP contribution in [0.2, 0.25) is 0 Å². The predicted octanol–water partition coefficient (Wildman–Crippen LogP) is 3.42. The van der Waals surface area contributed by atoms with Gasteiger partial charge in [-0.15, -0.1) is 11.8 Å². The second-order valence-corrected chi connectivity index (χ2v) is 11.9. The van der Waals surface area contributed by atoms with Gasteiger partial charge in [0.2, 0.25) is 10.0 Å². The molecule has 0 aliphatic carbocycles. The fourth-order valence-corrected chi connectivity index (χ4v) is 6.05. The Hall–Kier alpha value is -2.23. The van der Waals surface area contributed by atoms with Crippen LogP contribution in [-0.4, -0.2) is 48.5 Å². The molecule has 162 valence electrons. The number of carbonyl (C=O) groups is 1. The van der Waals surface area contributed by atoms with E-state index >= 15 is 0 Å². The Morgan fingerprint density at radius 2 is 1.67 bits per heavy atom. The van der Waals surface area contributed by atoms with E-state index in [1.807, 2.05) is 30.3 Å². The molecule has 0 spiro atoms. The number of benzene rings is 2. The standard InChI is InChI=1S/C21H27N3O4S2/c1-21(2,3)29-19-14-24(20(22)25)13-18(19)23-30(26,27)17-11-9-16(10-12-17)28-15-7-5-4-6-8-15/h4-12,18-19,23H,13-14H2,1-3H3,(H2,22,25)/t18-,19-/m1/s1. The third-order valence-corrected chi connectivity index (χ3v) is 7.50. The molecule has 3 rings (SSSR count). The molecule has 0 bridgehead atoms. The van der Waals surface area contributed by atoms with Gasteiger partial charge < -0.3 is 15.4 Å². The van der Waals surface area contributed by atoms with Gasteiger partial charge in [-0.1, -0.05) is 39.0 Å². The van der Waals surface area contributed by atoms with Crippen LogP contribution in [0.3, 0.4) is 0 Å². The van der Waals surface area contributed by atoms with Crippen LogP contribution in [-0.2, 0) is 10.0 Å². The van der Waals surface area contributed by atoms with Crippen molar-refractivity contribution in [1.29, 1.82) is 0 Å². The van der Waals surface area contributed by atoms with Gasteiger partial charge in [0.25, 0.3) is 0 Å². The van der Waals surface area contributed by atoms with Crippen LogP contribution >= 0.6 is 11.8 Å². The first kappa shape index (κ1) is 22.5. The Morgan fingerprint density at radius 3 is 2.23 bits per heavy atom. The lowest BCUT2D eigenvalue weighted by molar-refractivity contribution is 0.218. The lowest BCUT2D eigenvalue weighted by atomic mass is 10.2. The summed E-state index contributed by atoms with van der Waals surface area (Å²) in [6, 6.07) is 14.5. The van der Waals surface area contributed by atoms with E-state index in [9.17, 15) is 13.2 Å². The minimum Gasteiger partial charge on any atom is -0.457 e. The van der Waals surface area contributed by atoms with E-state index in [1.165, 1.54) is 17.0 Å². The topological polar surface area (TPSA) is 102 Å². The smallest absolute Gasteiger partial charge is 0.314 e. The number of hydrogen-bond donors (Lipinski definition) is 2. The molecule has 2 amide bonds. The van der Waals surface area contributed by atoms with Crippen molar-refractivity contribution in [3.05, 3.63) is 54.6 Å². The summed E-state index contributed by atoms with van der Waals surface area (Å²) < 4.78 is 34.3. The highest BCUT2D eigenvalue weighted by Gasteiger charge is 2.39. The molecule has 0 unspecified atom stereocenters. The van der Waals surface area contributed by atoms with Crippen LogP contribution in [0.25, 0.3) is 0 Å². The van der Waals surface area contributed by atoms with Crippen molar-refractivity contribution in [3.8, 4) is 11.5 Å². The molecular weight excluding hydrogens is 422 g/mol. The molecule has 3 N–H and O–H groups in total. The first-order valence-electron chi connectivity index (χ1n) is 9.61. The molecule has 1 heterocycles. The second kappa shape index (κ2) is 8.87. The Morgan fingerprint density at radius 1 is 1.07 bits per heavy atom. The molecule has 0 aromatic heterocycles. The van der Waals surface area contributed by atoms with Crippen molar-refractivity contribution >= 4 is 27.8 Å². The third-order valence-electron chi connectivity index (χ3n) is 4.50. The van der Waals surface area contributed by atoms with Gasteiger partial charge in [0.1, 0.15) is 11.5 Å². The van der Waals surface area contributed by atoms with Gasteiger partial charge in [-0.05, 0) is 36.4 Å². The zero-order valence-electron chi connectivity index (χ0n) is 17.2. The average molecular weight is 450 g/mol. The number of carbonyl (C=O) groups excluding carboxylic acids is 1. The first-order chi connectivity index (χ1) is 14.0. The number of likely N-dealkylation sites (tertiary alicyclic amines) is 1. The first-order valence-corrected chi connectivity index (χ1v) is 12.0. The van der Waals surface area contributed by atoms with Crippen LogP contribution < -0.4 is 15.2 Å². The van der Waals surface area contributed by atoms with Crippen molar-refractivity contribution in [1.82, 2.24) is 9.62 Å². The van der Waals surface area contributed by atoms with E-state index < -0.39 is 22.1 Å². The number of sulfonamides is 1. The molecule has 2 aromatic carbocycles. The lowest BCUT2D eigenvalue weighted by Crippen LogP contribution is -2.43. The predicted molar refractivity (Wildman–Crippen MR) is 119 cm³/mol. The third kappa shape index (κ3) is 5.90. The van der Waals surface area contributed by atoms with Crippen LogP contribution in [0.4, 0.5) is 4.79 Å². The Balaban J connectivity index is 1.73. The SMILES string of the molecule is CC(C)(C)S[C@@H]1CN(C(N)=O)C[C@H]1NS(=O)(=O)c1ccc(Oc2ccccc2)cc1. The molecule has 1 aliphatic rings. The second-order valence-electron chi connectivity index (χ2n) is 8.13. The van der Waals surface area contributed by atoms with Gasteiger partial charge >= 0.3 is 6.03 Å². The highest BCUT2D eigenvalue weighted by atomic mass is 32.2. The number of nitrogens with zero attached hydrogens (tertiary/aromatic N) is 1. The van der Waals surface area contributed by atoms with Crippen LogP contribution in [0, 0.1) is 0 Å². The Kier molecular flexibility index (Phi) is 6.64. The summed E-state index contributed by atoms with van der Waals surface area (Å²) in [4.78, 5) is 13.2. The molecule has 1 aliphatic heterocycles. The van der Waals surface area contributed by atoms with E-state index in [4.69, 9.17) is 10.5 Å². The molecule has 1 saturated heterocycles. The molecule has 2 atom stereocenters. The summed E-state index contributed by atoms with van der Waals surface area (Å²) >= 11 is 1.64. The summed E-state index contributed by atoms with van der Waals surface area (Å²) in [6.07, 6.45) is 0. The summed E-state index contributed by atoms with van der Waals surface area (Å²) in [6.45, 7) is 6.83. The number of amides is 2. The van der Waals surface area contributed by atoms with E-state index in [2.05, 4.69) is 25.5 Å². The molecule has 9 heteroatoms. The summed E-state index contributed by atoms with van der Waals surface area (Å²) in [5.74, 6) is 1.22. The van der Waals surface area contributed by atoms with Crippen LogP contribution in [0.5, 0.6) is 11.5 Å². The summed E-state index contributed by atoms with van der Waals surface area (Å²) in [5.41, 5.74) is 5.43. The maximum Gasteiger partial charge on any atom is 0.314 e. The van der Waals surface area contributed by atoms with Crippen molar-refractivity contribution in [2.75, 3.05) is 13.1 Å². The van der Waals surface area contributed by atoms with Crippen molar-refractivity contribution in [2.24, 2.45) is 5.73 Å². The van der Waals surface area contributed by atoms with Gasteiger partial charge in [-0.3, -0.25) is 0 Å². The fourth-order valence-electron chi connectivity index (χ4n) is 3.22. The molecule has 1 fully saturated rings. The molecule has 2 aromatic rings. The van der Waals surface area contributed by atoms with Crippen molar-refractivity contribution in [2.45, 2.75) is 41.7 Å². The number of para-hydroxylation sites is 1. The quantitative estimate of drug-likeness (QED) is 0.704. The largest absolute Gasteiger partial charge is 0.457 e. The number of urea groups is 1. The van der Waals surface area contributed by atoms with E-state index in [-0.39, 0.29) is 21.4 Å².